The first-order valence-electron chi connectivity index (χ1n) is 7.34. The van der Waals surface area contributed by atoms with E-state index in [9.17, 15) is 13.2 Å². The highest BCUT2D eigenvalue weighted by Crippen LogP contribution is 2.46. The number of pyridine rings is 1. The van der Waals surface area contributed by atoms with Crippen molar-refractivity contribution in [3.63, 3.8) is 0 Å². The highest BCUT2D eigenvalue weighted by molar-refractivity contribution is 5.82. The lowest BCUT2D eigenvalue weighted by Crippen LogP contribution is -2.37. The van der Waals surface area contributed by atoms with Crippen molar-refractivity contribution in [2.24, 2.45) is 0 Å². The number of alkyl halides is 3. The van der Waals surface area contributed by atoms with Gasteiger partial charge in [0.2, 0.25) is 0 Å². The average molecular weight is 317 g/mol. The van der Waals surface area contributed by atoms with E-state index in [1.165, 1.54) is 0 Å². The van der Waals surface area contributed by atoms with Gasteiger partial charge in [0.05, 0.1) is 17.5 Å². The maximum atomic E-state index is 13.1. The normalized spacial score (nSPS) is 20.3. The van der Waals surface area contributed by atoms with Gasteiger partial charge in [0, 0.05) is 29.9 Å². The maximum absolute atomic E-state index is 13.1. The van der Waals surface area contributed by atoms with Crippen molar-refractivity contribution in [2.75, 3.05) is 0 Å². The molecule has 1 aromatic carbocycles. The van der Waals surface area contributed by atoms with Crippen LogP contribution in [0.5, 0.6) is 0 Å². The van der Waals surface area contributed by atoms with Crippen LogP contribution in [-0.2, 0) is 12.0 Å². The molecule has 1 atom stereocenters. The minimum Gasteiger partial charge on any atom is -0.323 e. The van der Waals surface area contributed by atoms with Crippen LogP contribution in [0.4, 0.5) is 13.2 Å². The second-order valence-electron chi connectivity index (χ2n) is 6.28. The monoisotopic (exact) mass is 317 g/mol. The minimum atomic E-state index is -4.24. The molecule has 1 aliphatic rings. The number of hydrogen-bond donors (Lipinski definition) is 0. The molecule has 1 aliphatic heterocycles. The quantitative estimate of drug-likeness (QED) is 0.669. The Labute approximate surface area is 130 Å². The van der Waals surface area contributed by atoms with Crippen molar-refractivity contribution in [2.45, 2.75) is 31.5 Å². The summed E-state index contributed by atoms with van der Waals surface area (Å²) >= 11 is 0. The fraction of sp³-hybridized carbons (Fsp3) is 0.294. The zero-order valence-electron chi connectivity index (χ0n) is 12.4. The van der Waals surface area contributed by atoms with E-state index in [4.69, 9.17) is 0 Å². The van der Waals surface area contributed by atoms with E-state index in [0.29, 0.717) is 11.4 Å². The highest BCUT2D eigenvalue weighted by Gasteiger charge is 2.45. The molecule has 0 N–H and O–H groups in total. The summed E-state index contributed by atoms with van der Waals surface area (Å²) in [5, 5.41) is 0. The van der Waals surface area contributed by atoms with E-state index in [0.717, 1.165) is 16.6 Å². The van der Waals surface area contributed by atoms with Crippen LogP contribution in [0.15, 0.2) is 42.7 Å². The van der Waals surface area contributed by atoms with Crippen molar-refractivity contribution in [1.82, 2.24) is 14.5 Å². The second-order valence-corrected chi connectivity index (χ2v) is 6.28. The van der Waals surface area contributed by atoms with Crippen LogP contribution in [0.25, 0.3) is 22.4 Å². The molecular weight excluding hydrogens is 303 g/mol. The van der Waals surface area contributed by atoms with Crippen LogP contribution in [0.2, 0.25) is 0 Å². The molecule has 0 aliphatic carbocycles. The molecule has 4 rings (SSSR count). The topological polar surface area (TPSA) is 30.7 Å². The largest absolute Gasteiger partial charge is 0.390 e. The van der Waals surface area contributed by atoms with Gasteiger partial charge in [0.1, 0.15) is 5.82 Å². The third-order valence-corrected chi connectivity index (χ3v) is 4.46. The van der Waals surface area contributed by atoms with Crippen LogP contribution < -0.4 is 0 Å². The average Bonchev–Trinajstić information content (AvgIpc) is 2.84. The van der Waals surface area contributed by atoms with E-state index in [1.54, 1.807) is 25.4 Å². The van der Waals surface area contributed by atoms with Crippen molar-refractivity contribution >= 4 is 11.0 Å². The molecule has 0 radical (unpaired) electrons. The van der Waals surface area contributed by atoms with E-state index in [1.807, 2.05) is 28.8 Å². The van der Waals surface area contributed by atoms with Crippen LogP contribution in [0.1, 0.15) is 18.9 Å². The second kappa shape index (κ2) is 4.57. The summed E-state index contributed by atoms with van der Waals surface area (Å²) in [6.07, 6.45) is -1.98. The van der Waals surface area contributed by atoms with Gasteiger partial charge in [-0.3, -0.25) is 4.98 Å². The van der Waals surface area contributed by atoms with E-state index in [-0.39, 0.29) is 6.54 Å². The van der Waals surface area contributed by atoms with Crippen LogP contribution in [0.3, 0.4) is 0 Å². The molecular formula is C17H14F3N3. The van der Waals surface area contributed by atoms with Gasteiger partial charge in [0.25, 0.3) is 0 Å². The number of para-hydroxylation sites is 2. The Kier molecular flexibility index (Phi) is 2.83. The standard InChI is InChI=1S/C17H14F3N3/c1-16(9-17(18,19)20)10-23-14-5-3-2-4-13(14)22-15(23)11-6-7-21-8-12(11)16/h2-8H,9-10H2,1H3. The lowest BCUT2D eigenvalue weighted by molar-refractivity contribution is -0.148. The molecule has 3 heterocycles. The van der Waals surface area contributed by atoms with E-state index >= 15 is 0 Å². The van der Waals surface area contributed by atoms with Crippen molar-refractivity contribution < 1.29 is 13.2 Å². The summed E-state index contributed by atoms with van der Waals surface area (Å²) < 4.78 is 41.3. The summed E-state index contributed by atoms with van der Waals surface area (Å²) in [4.78, 5) is 8.66. The van der Waals surface area contributed by atoms with Gasteiger partial charge < -0.3 is 4.57 Å². The SMILES string of the molecule is CC1(CC(F)(F)F)Cn2c(nc3ccccc32)-c2ccncc21. The Bertz CT molecular complexity index is 897. The molecule has 0 fully saturated rings. The van der Waals surface area contributed by atoms with E-state index < -0.39 is 18.0 Å². The molecule has 1 unspecified atom stereocenters. The Hall–Kier alpha value is -2.37. The van der Waals surface area contributed by atoms with Gasteiger partial charge in [-0.15, -0.1) is 0 Å². The Morgan fingerprint density at radius 2 is 2.00 bits per heavy atom. The molecule has 0 saturated carbocycles. The highest BCUT2D eigenvalue weighted by atomic mass is 19.4. The number of nitrogens with zero attached hydrogens (tertiary/aromatic N) is 3. The molecule has 0 amide bonds. The maximum Gasteiger partial charge on any atom is 0.390 e. The summed E-state index contributed by atoms with van der Waals surface area (Å²) in [7, 11) is 0. The van der Waals surface area contributed by atoms with Gasteiger partial charge in [-0.2, -0.15) is 13.2 Å². The first-order valence-corrected chi connectivity index (χ1v) is 7.34. The minimum absolute atomic E-state index is 0.237. The van der Waals surface area contributed by atoms with Crippen LogP contribution >= 0.6 is 0 Å². The zero-order valence-corrected chi connectivity index (χ0v) is 12.4. The van der Waals surface area contributed by atoms with Crippen molar-refractivity contribution in [3.8, 4) is 11.4 Å². The van der Waals surface area contributed by atoms with Gasteiger partial charge in [0.15, 0.2) is 0 Å². The zero-order chi connectivity index (χ0) is 16.2. The molecule has 0 bridgehead atoms. The molecule has 0 saturated heterocycles. The molecule has 3 aromatic rings. The first kappa shape index (κ1) is 14.2. The van der Waals surface area contributed by atoms with Gasteiger partial charge in [-0.25, -0.2) is 4.98 Å². The number of halogens is 3. The van der Waals surface area contributed by atoms with Crippen molar-refractivity contribution in [1.29, 1.82) is 0 Å². The summed E-state index contributed by atoms with van der Waals surface area (Å²) in [5.41, 5.74) is 1.94. The third kappa shape index (κ3) is 2.20. The first-order chi connectivity index (χ1) is 10.9. The van der Waals surface area contributed by atoms with Crippen LogP contribution in [0, 0.1) is 0 Å². The number of hydrogen-bond acceptors (Lipinski definition) is 2. The lowest BCUT2D eigenvalue weighted by Gasteiger charge is -2.37. The number of imidazole rings is 1. The molecule has 3 nitrogen and oxygen atoms in total. The number of aromatic nitrogens is 3. The predicted molar refractivity (Wildman–Crippen MR) is 81.0 cm³/mol. The molecule has 2 aromatic heterocycles. The van der Waals surface area contributed by atoms with Crippen LogP contribution in [-0.4, -0.2) is 20.7 Å². The third-order valence-electron chi connectivity index (χ3n) is 4.46. The summed E-state index contributed by atoms with van der Waals surface area (Å²) in [6.45, 7) is 1.89. The van der Waals surface area contributed by atoms with E-state index in [2.05, 4.69) is 9.97 Å². The molecule has 6 heteroatoms. The Morgan fingerprint density at radius 3 is 2.78 bits per heavy atom. The van der Waals surface area contributed by atoms with Gasteiger partial charge in [-0.05, 0) is 23.8 Å². The molecule has 23 heavy (non-hydrogen) atoms. The summed E-state index contributed by atoms with van der Waals surface area (Å²) in [5.74, 6) is 0.711. The number of rotatable bonds is 1. The molecule has 118 valence electrons. The number of benzene rings is 1. The fourth-order valence-corrected chi connectivity index (χ4v) is 3.54. The smallest absolute Gasteiger partial charge is 0.323 e. The Morgan fingerprint density at radius 1 is 1.22 bits per heavy atom. The van der Waals surface area contributed by atoms with Crippen molar-refractivity contribution in [3.05, 3.63) is 48.3 Å². The Balaban J connectivity index is 1.98. The summed E-state index contributed by atoms with van der Waals surface area (Å²) in [6, 6.07) is 9.28. The molecule has 0 spiro atoms. The number of fused-ring (bicyclic) bond motifs is 5. The van der Waals surface area contributed by atoms with Gasteiger partial charge >= 0.3 is 6.18 Å². The lowest BCUT2D eigenvalue weighted by atomic mass is 9.75. The fourth-order valence-electron chi connectivity index (χ4n) is 3.54. The predicted octanol–water partition coefficient (Wildman–Crippen LogP) is 4.32. The van der Waals surface area contributed by atoms with Gasteiger partial charge in [-0.1, -0.05) is 19.1 Å².